The van der Waals surface area contributed by atoms with Crippen LogP contribution in [0.3, 0.4) is 0 Å². The van der Waals surface area contributed by atoms with Crippen LogP contribution in [0.15, 0.2) is 24.3 Å². The summed E-state index contributed by atoms with van der Waals surface area (Å²) in [6.07, 6.45) is 17.6. The van der Waals surface area contributed by atoms with Gasteiger partial charge < -0.3 is 14.0 Å². The van der Waals surface area contributed by atoms with Crippen LogP contribution in [0.1, 0.15) is 86.5 Å². The van der Waals surface area contributed by atoms with Gasteiger partial charge in [0.2, 0.25) is 0 Å². The molecule has 32 heavy (non-hydrogen) atoms. The number of fused-ring (bicyclic) bond motifs is 1. The number of allylic oxidation sites excluding steroid dienone is 3. The standard InChI is InChI=1S/C27H52O3Si2/c1-20(14-10-9-11-18-25(2,3)28)21-15-12-16-23-22(17-13-19-27(21,23)6)26(4,5)24(29-31-7)30-32-8/h9-11,18,20-24,28H,12-17,19,31-32H2,1-8H3/b10-9+,18-11+/t20-,21-,22+,23-,27+/m1/s1. The molecule has 0 radical (unpaired) electrons. The maximum absolute atomic E-state index is 9.86. The van der Waals surface area contributed by atoms with Crippen molar-refractivity contribution >= 4 is 19.5 Å². The summed E-state index contributed by atoms with van der Waals surface area (Å²) in [6, 6.07) is 0. The molecular weight excluding hydrogens is 428 g/mol. The third-order valence-electron chi connectivity index (χ3n) is 8.59. The van der Waals surface area contributed by atoms with E-state index in [9.17, 15) is 5.11 Å². The smallest absolute Gasteiger partial charge is 0.161 e. The van der Waals surface area contributed by atoms with Crippen molar-refractivity contribution in [3.8, 4) is 0 Å². The zero-order valence-electron chi connectivity index (χ0n) is 22.3. The van der Waals surface area contributed by atoms with Crippen molar-refractivity contribution in [1.82, 2.24) is 0 Å². The molecule has 2 aliphatic rings. The summed E-state index contributed by atoms with van der Waals surface area (Å²) in [5.74, 6) is 2.93. The van der Waals surface area contributed by atoms with Gasteiger partial charge in [-0.2, -0.15) is 0 Å². The molecule has 2 aliphatic carbocycles. The fourth-order valence-corrected chi connectivity index (χ4v) is 8.88. The molecule has 0 spiro atoms. The molecule has 5 atom stereocenters. The number of hydrogen-bond acceptors (Lipinski definition) is 3. The lowest BCUT2D eigenvalue weighted by atomic mass is 9.47. The van der Waals surface area contributed by atoms with E-state index in [0.717, 1.165) is 18.3 Å². The lowest BCUT2D eigenvalue weighted by Crippen LogP contribution is -2.53. The van der Waals surface area contributed by atoms with Gasteiger partial charge in [-0.1, -0.05) is 77.9 Å². The zero-order chi connectivity index (χ0) is 24.0. The van der Waals surface area contributed by atoms with Gasteiger partial charge >= 0.3 is 0 Å². The molecule has 0 aromatic rings. The number of rotatable bonds is 11. The average molecular weight is 481 g/mol. The van der Waals surface area contributed by atoms with Crippen molar-refractivity contribution in [2.45, 2.75) is 111 Å². The summed E-state index contributed by atoms with van der Waals surface area (Å²) >= 11 is 0. The molecule has 0 amide bonds. The highest BCUT2D eigenvalue weighted by Gasteiger charge is 2.54. The van der Waals surface area contributed by atoms with Crippen molar-refractivity contribution in [1.29, 1.82) is 0 Å². The molecule has 2 saturated carbocycles. The first-order valence-corrected chi connectivity index (χ1v) is 17.3. The van der Waals surface area contributed by atoms with Crippen molar-refractivity contribution < 1.29 is 14.0 Å². The van der Waals surface area contributed by atoms with E-state index in [0.29, 0.717) is 17.3 Å². The summed E-state index contributed by atoms with van der Waals surface area (Å²) in [6.45, 7) is 18.1. The molecule has 0 aromatic heterocycles. The molecule has 186 valence electrons. The van der Waals surface area contributed by atoms with Gasteiger partial charge in [0.25, 0.3) is 0 Å². The zero-order valence-corrected chi connectivity index (χ0v) is 25.2. The van der Waals surface area contributed by atoms with E-state index in [1.807, 2.05) is 26.0 Å². The molecule has 0 aliphatic heterocycles. The molecule has 1 N–H and O–H groups in total. The fourth-order valence-electron chi connectivity index (χ4n) is 7.04. The Bertz CT molecular complexity index is 619. The largest absolute Gasteiger partial charge is 0.400 e. The molecule has 0 saturated heterocycles. The first kappa shape index (κ1) is 28.0. The van der Waals surface area contributed by atoms with E-state index in [-0.39, 0.29) is 11.7 Å². The third-order valence-corrected chi connectivity index (χ3v) is 9.86. The summed E-state index contributed by atoms with van der Waals surface area (Å²) < 4.78 is 12.6. The Labute approximate surface area is 203 Å². The third kappa shape index (κ3) is 6.91. The molecule has 0 unspecified atom stereocenters. The Balaban J connectivity index is 2.17. The van der Waals surface area contributed by atoms with Gasteiger partial charge in [-0.25, -0.2) is 0 Å². The van der Waals surface area contributed by atoms with Crippen molar-refractivity contribution in [3.63, 3.8) is 0 Å². The first-order chi connectivity index (χ1) is 15.0. The lowest BCUT2D eigenvalue weighted by Gasteiger charge is -2.59. The Morgan fingerprint density at radius 1 is 1.03 bits per heavy atom. The Hall–Kier alpha value is -0.206. The van der Waals surface area contributed by atoms with E-state index in [1.165, 1.54) is 38.5 Å². The summed E-state index contributed by atoms with van der Waals surface area (Å²) in [7, 11) is -0.979. The second-order valence-electron chi connectivity index (χ2n) is 11.9. The highest BCUT2D eigenvalue weighted by atomic mass is 28.2. The minimum absolute atomic E-state index is 0.00600. The molecular formula is C27H52O3Si2. The summed E-state index contributed by atoms with van der Waals surface area (Å²) in [5.41, 5.74) is -0.229. The maximum Gasteiger partial charge on any atom is 0.161 e. The Morgan fingerprint density at radius 3 is 2.28 bits per heavy atom. The normalized spacial score (nSPS) is 32.5. The minimum Gasteiger partial charge on any atom is -0.400 e. The second kappa shape index (κ2) is 12.0. The van der Waals surface area contributed by atoms with E-state index >= 15 is 0 Å². The molecule has 0 aromatic carbocycles. The SMILES string of the molecule is C[SiH2]OC(O[SiH2]C)C(C)(C)[C@H]1CCC[C@@]2(C)[C@@H]([C@H](C)C/C=C/C=C/C(C)(C)O)CCC[C@H]12. The second-order valence-corrected chi connectivity index (χ2v) is 13.7. The predicted molar refractivity (Wildman–Crippen MR) is 143 cm³/mol. The van der Waals surface area contributed by atoms with Crippen LogP contribution in [0.4, 0.5) is 0 Å². The van der Waals surface area contributed by atoms with Gasteiger partial charge in [-0.05, 0) is 75.0 Å². The van der Waals surface area contributed by atoms with Crippen LogP contribution in [0.5, 0.6) is 0 Å². The van der Waals surface area contributed by atoms with Crippen LogP contribution in [-0.4, -0.2) is 36.5 Å². The Morgan fingerprint density at radius 2 is 1.69 bits per heavy atom. The quantitative estimate of drug-likeness (QED) is 0.232. The molecule has 2 fully saturated rings. The summed E-state index contributed by atoms with van der Waals surface area (Å²) in [4.78, 5) is 0. The van der Waals surface area contributed by atoms with Crippen LogP contribution in [0, 0.1) is 34.5 Å². The van der Waals surface area contributed by atoms with Gasteiger partial charge in [0.05, 0.1) is 5.60 Å². The highest BCUT2D eigenvalue weighted by molar-refractivity contribution is 6.26. The van der Waals surface area contributed by atoms with E-state index in [4.69, 9.17) is 8.85 Å². The average Bonchev–Trinajstić information content (AvgIpc) is 2.71. The van der Waals surface area contributed by atoms with Gasteiger partial charge in [-0.15, -0.1) is 0 Å². The predicted octanol–water partition coefficient (Wildman–Crippen LogP) is 5.77. The molecule has 0 bridgehead atoms. The van der Waals surface area contributed by atoms with Gasteiger partial charge in [0.1, 0.15) is 6.29 Å². The molecule has 0 heterocycles. The first-order valence-electron chi connectivity index (χ1n) is 13.3. The van der Waals surface area contributed by atoms with Gasteiger partial charge in [0.15, 0.2) is 19.5 Å². The van der Waals surface area contributed by atoms with E-state index < -0.39 is 25.1 Å². The highest BCUT2D eigenvalue weighted by Crippen LogP contribution is 2.61. The number of hydrogen-bond donors (Lipinski definition) is 1. The van der Waals surface area contributed by atoms with Crippen LogP contribution < -0.4 is 0 Å². The fraction of sp³-hybridized carbons (Fsp3) is 0.852. The number of aliphatic hydroxyl groups is 1. The van der Waals surface area contributed by atoms with Crippen molar-refractivity contribution in [3.05, 3.63) is 24.3 Å². The Kier molecular flexibility index (Phi) is 10.5. The molecule has 2 rings (SSSR count). The van der Waals surface area contributed by atoms with Crippen LogP contribution in [-0.2, 0) is 8.85 Å². The topological polar surface area (TPSA) is 38.7 Å². The van der Waals surface area contributed by atoms with Gasteiger partial charge in [-0.3, -0.25) is 0 Å². The monoisotopic (exact) mass is 480 g/mol. The van der Waals surface area contributed by atoms with Crippen LogP contribution >= 0.6 is 0 Å². The molecule has 5 heteroatoms. The lowest BCUT2D eigenvalue weighted by molar-refractivity contribution is -0.158. The van der Waals surface area contributed by atoms with Crippen molar-refractivity contribution in [2.75, 3.05) is 0 Å². The van der Waals surface area contributed by atoms with Gasteiger partial charge in [0, 0.05) is 5.41 Å². The minimum atomic E-state index is -0.740. The van der Waals surface area contributed by atoms with Crippen molar-refractivity contribution in [2.24, 2.45) is 34.5 Å². The van der Waals surface area contributed by atoms with E-state index in [2.05, 4.69) is 52.9 Å². The molecule has 3 nitrogen and oxygen atoms in total. The maximum atomic E-state index is 9.86. The van der Waals surface area contributed by atoms with Crippen LogP contribution in [0.25, 0.3) is 0 Å². The van der Waals surface area contributed by atoms with E-state index in [1.54, 1.807) is 0 Å². The summed E-state index contributed by atoms with van der Waals surface area (Å²) in [5, 5.41) is 9.86. The van der Waals surface area contributed by atoms with Crippen LogP contribution in [0.2, 0.25) is 13.1 Å².